The molecule has 1 aliphatic heterocycles. The van der Waals surface area contributed by atoms with Crippen LogP contribution < -0.4 is 13.8 Å². The maximum Gasteiger partial charge on any atom is 0.410 e. The molecular weight excluding hydrogens is 975 g/mol. The first kappa shape index (κ1) is 52.5. The van der Waals surface area contributed by atoms with Crippen LogP contribution in [0, 0.1) is 31.1 Å². The van der Waals surface area contributed by atoms with Gasteiger partial charge in [0.05, 0.1) is 36.4 Å². The van der Waals surface area contributed by atoms with E-state index in [9.17, 15) is 23.3 Å². The van der Waals surface area contributed by atoms with Gasteiger partial charge in [0, 0.05) is 42.9 Å². The van der Waals surface area contributed by atoms with Gasteiger partial charge in [-0.05, 0) is 148 Å². The van der Waals surface area contributed by atoms with E-state index in [4.69, 9.17) is 23.9 Å². The van der Waals surface area contributed by atoms with Crippen LogP contribution in [0.2, 0.25) is 0 Å². The third kappa shape index (κ3) is 13.2. The molecule has 3 heterocycles. The van der Waals surface area contributed by atoms with E-state index in [1.165, 1.54) is 28.8 Å². The summed E-state index contributed by atoms with van der Waals surface area (Å²) in [6, 6.07) is 39.0. The molecule has 0 N–H and O–H groups in total. The Morgan fingerprint density at radius 1 is 0.838 bits per heavy atom. The van der Waals surface area contributed by atoms with Gasteiger partial charge in [-0.15, -0.1) is 0 Å². The lowest BCUT2D eigenvalue weighted by molar-refractivity contribution is 0.0177. The Labute approximate surface area is 437 Å². The number of aromatic nitrogens is 3. The summed E-state index contributed by atoms with van der Waals surface area (Å²) in [5, 5.41) is 10.7. The molecule has 1 saturated heterocycles. The number of hydrogen-bond acceptors (Lipinski definition) is 13. The zero-order valence-corrected chi connectivity index (χ0v) is 44.0. The molecule has 1 fully saturated rings. The standard InChI is InChI=1S/C57H59N7O8S2/c1-39-11-10-14-43(29-39)44-16-19-53(71-52-20-18-50(32-47(52)34-58)74(67,68)64(54-60-38-61-73-54)35-46-15-17-49(69-6)30-40(46)2)51(33-44)45-21-25-59-48(31-45)36-63(55(65)70-37-42-12-8-7-9-13-42)28-24-41-22-26-62(27-23-41)56(66)72-57(3,4)5/h7-21,25,29-33,38,41H,22-24,26-28,35-37H2,1-6H3. The number of anilines is 1. The number of carbonyl (C=O) groups is 2. The molecule has 7 aromatic rings. The number of carbonyl (C=O) groups excluding carboxylic acids is 2. The number of aryl methyl sites for hydroxylation is 2. The number of rotatable bonds is 17. The number of nitrogens with zero attached hydrogens (tertiary/aromatic N) is 7. The molecule has 0 aliphatic carbocycles. The predicted molar refractivity (Wildman–Crippen MR) is 284 cm³/mol. The van der Waals surface area contributed by atoms with Crippen molar-refractivity contribution in [1.29, 1.82) is 5.26 Å². The highest BCUT2D eigenvalue weighted by Gasteiger charge is 2.31. The molecule has 0 radical (unpaired) electrons. The summed E-state index contributed by atoms with van der Waals surface area (Å²) in [7, 11) is -2.72. The third-order valence-corrected chi connectivity index (χ3v) is 15.2. The fourth-order valence-corrected chi connectivity index (χ4v) is 10.8. The van der Waals surface area contributed by atoms with Crippen molar-refractivity contribution in [2.75, 3.05) is 31.0 Å². The maximum atomic E-state index is 14.5. The van der Waals surface area contributed by atoms with Crippen molar-refractivity contribution in [3.8, 4) is 45.6 Å². The van der Waals surface area contributed by atoms with Gasteiger partial charge in [0.25, 0.3) is 10.0 Å². The number of benzene rings is 5. The normalized spacial score (nSPS) is 12.9. The van der Waals surface area contributed by atoms with Gasteiger partial charge >= 0.3 is 12.2 Å². The van der Waals surface area contributed by atoms with E-state index in [0.717, 1.165) is 63.3 Å². The number of hydrogen-bond donors (Lipinski definition) is 0. The van der Waals surface area contributed by atoms with E-state index >= 15 is 0 Å². The molecule has 2 aromatic heterocycles. The first-order valence-corrected chi connectivity index (χ1v) is 26.5. The summed E-state index contributed by atoms with van der Waals surface area (Å²) in [5.74, 6) is 1.45. The summed E-state index contributed by atoms with van der Waals surface area (Å²) < 4.78 is 57.8. The minimum atomic E-state index is -4.29. The molecule has 0 unspecified atom stereocenters. The average molecular weight is 1030 g/mol. The largest absolute Gasteiger partial charge is 0.497 e. The Hall–Kier alpha value is -7.81. The second kappa shape index (κ2) is 23.4. The number of piperidine rings is 1. The minimum absolute atomic E-state index is 0.00628. The summed E-state index contributed by atoms with van der Waals surface area (Å²) in [5.41, 5.74) is 6.80. The molecule has 0 saturated carbocycles. The van der Waals surface area contributed by atoms with E-state index in [1.54, 1.807) is 29.2 Å². The second-order valence-electron chi connectivity index (χ2n) is 19.2. The molecule has 2 amide bonds. The van der Waals surface area contributed by atoms with Gasteiger partial charge < -0.3 is 28.7 Å². The van der Waals surface area contributed by atoms with Gasteiger partial charge in [-0.1, -0.05) is 72.3 Å². The summed E-state index contributed by atoms with van der Waals surface area (Å²) in [6.07, 6.45) is 4.44. The molecule has 15 nitrogen and oxygen atoms in total. The van der Waals surface area contributed by atoms with E-state index < -0.39 is 21.7 Å². The van der Waals surface area contributed by atoms with Gasteiger partial charge in [-0.25, -0.2) is 27.3 Å². The SMILES string of the molecule is COc1ccc(CN(c2ncns2)S(=O)(=O)c2ccc(Oc3ccc(-c4cccc(C)c4)cc3-c3ccnc(CN(CCC4CCN(C(=O)OC(C)(C)C)CC4)C(=O)OCc4ccccc4)c3)c(C#N)c2)c(C)c1. The van der Waals surface area contributed by atoms with Crippen molar-refractivity contribution in [3.63, 3.8) is 0 Å². The highest BCUT2D eigenvalue weighted by atomic mass is 32.2. The van der Waals surface area contributed by atoms with Gasteiger partial charge in [-0.2, -0.15) is 9.64 Å². The third-order valence-electron chi connectivity index (χ3n) is 12.7. The molecular formula is C57H59N7O8S2. The van der Waals surface area contributed by atoms with E-state index in [2.05, 4.69) is 21.5 Å². The van der Waals surface area contributed by atoms with E-state index in [1.807, 2.05) is 126 Å². The van der Waals surface area contributed by atoms with E-state index in [-0.39, 0.29) is 53.0 Å². The van der Waals surface area contributed by atoms with Crippen molar-refractivity contribution < 1.29 is 37.0 Å². The Bertz CT molecular complexity index is 3240. The molecule has 74 heavy (non-hydrogen) atoms. The molecule has 0 bridgehead atoms. The van der Waals surface area contributed by atoms with Crippen LogP contribution in [0.4, 0.5) is 14.7 Å². The van der Waals surface area contributed by atoms with Crippen LogP contribution >= 0.6 is 11.5 Å². The Morgan fingerprint density at radius 3 is 2.31 bits per heavy atom. The van der Waals surface area contributed by atoms with Crippen molar-refractivity contribution in [3.05, 3.63) is 167 Å². The Kier molecular flexibility index (Phi) is 16.6. The van der Waals surface area contributed by atoms with Crippen LogP contribution in [0.25, 0.3) is 22.3 Å². The lowest BCUT2D eigenvalue weighted by atomic mass is 9.93. The molecule has 5 aromatic carbocycles. The molecule has 8 rings (SSSR count). The number of ether oxygens (including phenoxy) is 4. The Balaban J connectivity index is 1.08. The highest BCUT2D eigenvalue weighted by Crippen LogP contribution is 2.39. The van der Waals surface area contributed by atoms with Crippen LogP contribution in [0.5, 0.6) is 17.2 Å². The topological polar surface area (TPSA) is 177 Å². The van der Waals surface area contributed by atoms with Crippen LogP contribution in [-0.2, 0) is 39.2 Å². The monoisotopic (exact) mass is 1030 g/mol. The number of likely N-dealkylation sites (tertiary alicyclic amines) is 1. The van der Waals surface area contributed by atoms with Crippen LogP contribution in [0.1, 0.15) is 73.5 Å². The maximum absolute atomic E-state index is 14.5. The molecule has 382 valence electrons. The highest BCUT2D eigenvalue weighted by molar-refractivity contribution is 7.93. The summed E-state index contributed by atoms with van der Waals surface area (Å²) >= 11 is 0.943. The Morgan fingerprint density at radius 2 is 1.61 bits per heavy atom. The quantitative estimate of drug-likeness (QED) is 0.0844. The number of methoxy groups -OCH3 is 1. The second-order valence-corrected chi connectivity index (χ2v) is 21.8. The van der Waals surface area contributed by atoms with Crippen LogP contribution in [0.15, 0.2) is 139 Å². The van der Waals surface area contributed by atoms with Crippen molar-refractivity contribution in [1.82, 2.24) is 24.1 Å². The zero-order valence-electron chi connectivity index (χ0n) is 42.4. The smallest absolute Gasteiger partial charge is 0.410 e. The molecule has 0 spiro atoms. The molecule has 0 atom stereocenters. The van der Waals surface area contributed by atoms with Crippen molar-refractivity contribution in [2.24, 2.45) is 5.92 Å². The predicted octanol–water partition coefficient (Wildman–Crippen LogP) is 12.1. The summed E-state index contributed by atoms with van der Waals surface area (Å²) in [6.45, 7) is 11.2. The number of amides is 2. The summed E-state index contributed by atoms with van der Waals surface area (Å²) in [4.78, 5) is 39.0. The van der Waals surface area contributed by atoms with Crippen molar-refractivity contribution in [2.45, 2.75) is 84.1 Å². The first-order chi connectivity index (χ1) is 35.6. The fraction of sp³-hybridized carbons (Fsp3) is 0.298. The molecule has 1 aliphatic rings. The minimum Gasteiger partial charge on any atom is -0.497 e. The number of pyridine rings is 1. The lowest BCUT2D eigenvalue weighted by Crippen LogP contribution is -2.42. The van der Waals surface area contributed by atoms with Crippen molar-refractivity contribution >= 4 is 38.9 Å². The fourth-order valence-electron chi connectivity index (χ4n) is 8.64. The van der Waals surface area contributed by atoms with Gasteiger partial charge in [-0.3, -0.25) is 4.98 Å². The number of nitriles is 1. The first-order valence-electron chi connectivity index (χ1n) is 24.3. The van der Waals surface area contributed by atoms with Gasteiger partial charge in [0.15, 0.2) is 0 Å². The molecule has 17 heteroatoms. The van der Waals surface area contributed by atoms with Crippen LogP contribution in [0.3, 0.4) is 0 Å². The van der Waals surface area contributed by atoms with Gasteiger partial charge in [0.1, 0.15) is 41.9 Å². The van der Waals surface area contributed by atoms with E-state index in [0.29, 0.717) is 48.8 Å². The lowest BCUT2D eigenvalue weighted by Gasteiger charge is -2.34. The average Bonchev–Trinajstić information content (AvgIpc) is 3.93. The van der Waals surface area contributed by atoms with Crippen LogP contribution in [-0.4, -0.2) is 77.1 Å². The van der Waals surface area contributed by atoms with Gasteiger partial charge in [0.2, 0.25) is 5.13 Å². The zero-order chi connectivity index (χ0) is 52.4. The number of sulfonamides is 1.